The van der Waals surface area contributed by atoms with E-state index in [9.17, 15) is 9.59 Å². The third-order valence-electron chi connectivity index (χ3n) is 5.40. The number of benzene rings is 2. The summed E-state index contributed by atoms with van der Waals surface area (Å²) in [6, 6.07) is 14.7. The zero-order valence-electron chi connectivity index (χ0n) is 15.4. The minimum Gasteiger partial charge on any atom is -0.369 e. The second kappa shape index (κ2) is 8.11. The van der Waals surface area contributed by atoms with Gasteiger partial charge in [-0.3, -0.25) is 19.4 Å². The van der Waals surface area contributed by atoms with Crippen molar-refractivity contribution in [3.05, 3.63) is 64.1 Å². The molecule has 0 aromatic heterocycles. The molecule has 2 heterocycles. The summed E-state index contributed by atoms with van der Waals surface area (Å²) in [6.45, 7) is 3.38. The maximum atomic E-state index is 12.9. The van der Waals surface area contributed by atoms with Gasteiger partial charge in [-0.25, -0.2) is 0 Å². The van der Waals surface area contributed by atoms with Gasteiger partial charge in [0.2, 0.25) is 11.8 Å². The summed E-state index contributed by atoms with van der Waals surface area (Å²) in [4.78, 5) is 31.1. The molecule has 0 bridgehead atoms. The largest absolute Gasteiger partial charge is 0.369 e. The molecule has 0 radical (unpaired) electrons. The van der Waals surface area contributed by atoms with Crippen LogP contribution in [0.25, 0.3) is 0 Å². The fourth-order valence-electron chi connectivity index (χ4n) is 3.85. The van der Waals surface area contributed by atoms with Gasteiger partial charge in [0, 0.05) is 41.9 Å². The topological polar surface area (TPSA) is 43.9 Å². The average Bonchev–Trinajstić information content (AvgIpc) is 2.98. The molecule has 28 heavy (non-hydrogen) atoms. The second-order valence-corrected chi connectivity index (χ2v) is 8.04. The first-order valence-electron chi connectivity index (χ1n) is 9.34. The molecule has 2 amide bonds. The Morgan fingerprint density at radius 3 is 2.29 bits per heavy atom. The smallest absolute Gasteiger partial charge is 0.247 e. The molecule has 2 aromatic carbocycles. The highest BCUT2D eigenvalue weighted by Crippen LogP contribution is 2.25. The maximum absolute atomic E-state index is 12.9. The van der Waals surface area contributed by atoms with Gasteiger partial charge < -0.3 is 4.90 Å². The summed E-state index contributed by atoms with van der Waals surface area (Å²) in [5.74, 6) is -0.210. The Morgan fingerprint density at radius 2 is 1.61 bits per heavy atom. The number of rotatable bonds is 4. The fourth-order valence-corrected chi connectivity index (χ4v) is 4.16. The Balaban J connectivity index is 1.38. The molecule has 2 aromatic rings. The van der Waals surface area contributed by atoms with Gasteiger partial charge in [0.25, 0.3) is 0 Å². The zero-order chi connectivity index (χ0) is 19.7. The van der Waals surface area contributed by atoms with Gasteiger partial charge in [0.15, 0.2) is 0 Å². The standard InChI is InChI=1S/C21H21Cl2N3O2/c22-16-6-4-15(5-7-16)14-26-20(27)13-19(21(26)28)25-10-8-24(9-11-25)18-3-1-2-17(23)12-18/h1-7,12,19H,8-11,13-14H2/t19-/m0/s1. The van der Waals surface area contributed by atoms with Crippen molar-refractivity contribution in [1.82, 2.24) is 9.80 Å². The van der Waals surface area contributed by atoms with Crippen LogP contribution in [0.15, 0.2) is 48.5 Å². The number of amides is 2. The zero-order valence-corrected chi connectivity index (χ0v) is 16.9. The molecule has 0 aliphatic carbocycles. The molecule has 0 saturated carbocycles. The quantitative estimate of drug-likeness (QED) is 0.714. The number of likely N-dealkylation sites (tertiary alicyclic amines) is 1. The first-order chi connectivity index (χ1) is 13.5. The fraction of sp³-hybridized carbons (Fsp3) is 0.333. The first-order valence-corrected chi connectivity index (χ1v) is 10.1. The molecule has 2 aliphatic rings. The molecule has 1 atom stereocenters. The van der Waals surface area contributed by atoms with E-state index in [4.69, 9.17) is 23.2 Å². The molecule has 7 heteroatoms. The van der Waals surface area contributed by atoms with Gasteiger partial charge in [0.1, 0.15) is 0 Å². The van der Waals surface area contributed by atoms with Crippen LogP contribution in [0.4, 0.5) is 5.69 Å². The van der Waals surface area contributed by atoms with Crippen LogP contribution in [-0.4, -0.2) is 53.8 Å². The van der Waals surface area contributed by atoms with E-state index >= 15 is 0 Å². The highest BCUT2D eigenvalue weighted by Gasteiger charge is 2.42. The third-order valence-corrected chi connectivity index (χ3v) is 5.89. The average molecular weight is 418 g/mol. The summed E-state index contributed by atoms with van der Waals surface area (Å²) in [5.41, 5.74) is 1.99. The lowest BCUT2D eigenvalue weighted by Crippen LogP contribution is -2.52. The summed E-state index contributed by atoms with van der Waals surface area (Å²) in [5, 5.41) is 1.35. The Labute approximate surface area is 174 Å². The van der Waals surface area contributed by atoms with Crippen molar-refractivity contribution in [2.45, 2.75) is 19.0 Å². The molecule has 5 nitrogen and oxygen atoms in total. The van der Waals surface area contributed by atoms with Gasteiger partial charge in [0.05, 0.1) is 19.0 Å². The van der Waals surface area contributed by atoms with Crippen molar-refractivity contribution >= 4 is 40.7 Å². The van der Waals surface area contributed by atoms with E-state index in [0.29, 0.717) is 16.6 Å². The number of nitrogens with zero attached hydrogens (tertiary/aromatic N) is 3. The van der Waals surface area contributed by atoms with E-state index in [0.717, 1.165) is 37.4 Å². The predicted octanol–water partition coefficient (Wildman–Crippen LogP) is 3.44. The lowest BCUT2D eigenvalue weighted by Gasteiger charge is -2.38. The molecule has 0 unspecified atom stereocenters. The van der Waals surface area contributed by atoms with Gasteiger partial charge in [-0.2, -0.15) is 0 Å². The third kappa shape index (κ3) is 4.02. The van der Waals surface area contributed by atoms with E-state index < -0.39 is 0 Å². The van der Waals surface area contributed by atoms with E-state index in [1.54, 1.807) is 12.1 Å². The van der Waals surface area contributed by atoms with Gasteiger partial charge in [-0.05, 0) is 35.9 Å². The lowest BCUT2D eigenvalue weighted by molar-refractivity contribution is -0.140. The van der Waals surface area contributed by atoms with Crippen molar-refractivity contribution in [2.75, 3.05) is 31.1 Å². The number of hydrogen-bond donors (Lipinski definition) is 0. The van der Waals surface area contributed by atoms with Crippen LogP contribution in [-0.2, 0) is 16.1 Å². The number of carbonyl (C=O) groups is 2. The Hall–Kier alpha value is -2.08. The summed E-state index contributed by atoms with van der Waals surface area (Å²) < 4.78 is 0. The SMILES string of the molecule is O=C1C[C@H](N2CCN(c3cccc(Cl)c3)CC2)C(=O)N1Cc1ccc(Cl)cc1. The van der Waals surface area contributed by atoms with Crippen LogP contribution >= 0.6 is 23.2 Å². The molecule has 0 spiro atoms. The number of hydrogen-bond acceptors (Lipinski definition) is 4. The minimum absolute atomic E-state index is 0.101. The van der Waals surface area contributed by atoms with E-state index in [-0.39, 0.29) is 24.3 Å². The second-order valence-electron chi connectivity index (χ2n) is 7.17. The first kappa shape index (κ1) is 19.2. The van der Waals surface area contributed by atoms with E-state index in [1.165, 1.54) is 4.90 Å². The van der Waals surface area contributed by atoms with Crippen LogP contribution in [0.1, 0.15) is 12.0 Å². The Morgan fingerprint density at radius 1 is 0.893 bits per heavy atom. The van der Waals surface area contributed by atoms with Crippen LogP contribution in [0.5, 0.6) is 0 Å². The monoisotopic (exact) mass is 417 g/mol. The summed E-state index contributed by atoms with van der Waals surface area (Å²) >= 11 is 12.0. The van der Waals surface area contributed by atoms with Crippen molar-refractivity contribution < 1.29 is 9.59 Å². The van der Waals surface area contributed by atoms with E-state index in [1.807, 2.05) is 36.4 Å². The molecule has 2 fully saturated rings. The van der Waals surface area contributed by atoms with Crippen molar-refractivity contribution in [3.8, 4) is 0 Å². The number of anilines is 1. The van der Waals surface area contributed by atoms with Gasteiger partial charge in [-0.1, -0.05) is 41.4 Å². The van der Waals surface area contributed by atoms with Crippen LogP contribution < -0.4 is 4.90 Å². The molecular weight excluding hydrogens is 397 g/mol. The normalized spacial score (nSPS) is 20.9. The van der Waals surface area contributed by atoms with Crippen molar-refractivity contribution in [3.63, 3.8) is 0 Å². The highest BCUT2D eigenvalue weighted by atomic mass is 35.5. The molecule has 2 saturated heterocycles. The van der Waals surface area contributed by atoms with Gasteiger partial charge in [-0.15, -0.1) is 0 Å². The number of carbonyl (C=O) groups excluding carboxylic acids is 2. The minimum atomic E-state index is -0.360. The van der Waals surface area contributed by atoms with E-state index in [2.05, 4.69) is 9.80 Å². The van der Waals surface area contributed by atoms with Crippen LogP contribution in [0, 0.1) is 0 Å². The van der Waals surface area contributed by atoms with Crippen LogP contribution in [0.3, 0.4) is 0 Å². The molecule has 4 rings (SSSR count). The van der Waals surface area contributed by atoms with Crippen LogP contribution in [0.2, 0.25) is 10.0 Å². The molecule has 0 N–H and O–H groups in total. The summed E-state index contributed by atoms with van der Waals surface area (Å²) in [7, 11) is 0. The van der Waals surface area contributed by atoms with Crippen molar-refractivity contribution in [2.24, 2.45) is 0 Å². The summed E-state index contributed by atoms with van der Waals surface area (Å²) in [6.07, 6.45) is 0.254. The Bertz CT molecular complexity index is 879. The predicted molar refractivity (Wildman–Crippen MR) is 111 cm³/mol. The lowest BCUT2D eigenvalue weighted by atomic mass is 10.1. The molecule has 2 aliphatic heterocycles. The highest BCUT2D eigenvalue weighted by molar-refractivity contribution is 6.31. The Kier molecular flexibility index (Phi) is 5.58. The maximum Gasteiger partial charge on any atom is 0.247 e. The number of imide groups is 1. The number of piperazine rings is 1. The van der Waals surface area contributed by atoms with Crippen molar-refractivity contribution in [1.29, 1.82) is 0 Å². The number of halogens is 2. The molecule has 146 valence electrons. The molecular formula is C21H21Cl2N3O2. The van der Waals surface area contributed by atoms with Gasteiger partial charge >= 0.3 is 0 Å².